The first-order valence-electron chi connectivity index (χ1n) is 10.0. The molecule has 10 heteroatoms. The van der Waals surface area contributed by atoms with Crippen molar-refractivity contribution < 1.29 is 45.4 Å². The second-order valence-electron chi connectivity index (χ2n) is 7.36. The van der Waals surface area contributed by atoms with Gasteiger partial charge in [-0.05, 0) is 52.6 Å². The largest absolute Gasteiger partial charge is 0.423 e. The number of benzene rings is 3. The molecule has 0 fully saturated rings. The summed E-state index contributed by atoms with van der Waals surface area (Å²) in [6, 6.07) is 18.6. The summed E-state index contributed by atoms with van der Waals surface area (Å²) in [6.07, 6.45) is -9.79. The Labute approximate surface area is 201 Å². The number of hydrogen-bond acceptors (Lipinski definition) is 4. The molecule has 186 valence electrons. The van der Waals surface area contributed by atoms with Gasteiger partial charge in [-0.25, -0.2) is 9.59 Å². The lowest BCUT2D eigenvalue weighted by atomic mass is 9.99. The molecular weight excluding hydrogens is 490 g/mol. The summed E-state index contributed by atoms with van der Waals surface area (Å²) < 4.78 is 84.7. The van der Waals surface area contributed by atoms with Gasteiger partial charge in [0.1, 0.15) is 22.6 Å². The third-order valence-corrected chi connectivity index (χ3v) is 4.84. The third-order valence-electron chi connectivity index (χ3n) is 4.84. The zero-order chi connectivity index (χ0) is 26.7. The molecule has 0 saturated heterocycles. The second kappa shape index (κ2) is 10.1. The van der Waals surface area contributed by atoms with E-state index >= 15 is 0 Å². The van der Waals surface area contributed by atoms with Crippen molar-refractivity contribution >= 4 is 11.9 Å². The summed E-state index contributed by atoms with van der Waals surface area (Å²) in [4.78, 5) is 23.1. The van der Waals surface area contributed by atoms with E-state index < -0.39 is 35.4 Å². The fourth-order valence-electron chi connectivity index (χ4n) is 2.88. The van der Waals surface area contributed by atoms with E-state index in [1.165, 1.54) is 24.3 Å². The Hall–Kier alpha value is -4.34. The van der Waals surface area contributed by atoms with Crippen LogP contribution in [0, 0.1) is 0 Å². The monoisotopic (exact) mass is 506 g/mol. The molecule has 0 unspecified atom stereocenters. The Bertz CT molecular complexity index is 1210. The molecule has 0 bridgehead atoms. The summed E-state index contributed by atoms with van der Waals surface area (Å²) in [5, 5.41) is 0. The highest BCUT2D eigenvalue weighted by Crippen LogP contribution is 2.31. The molecule has 0 radical (unpaired) electrons. The minimum atomic E-state index is -4.89. The highest BCUT2D eigenvalue weighted by Gasteiger charge is 2.39. The molecule has 0 aliphatic carbocycles. The van der Waals surface area contributed by atoms with E-state index in [1.54, 1.807) is 48.5 Å². The van der Waals surface area contributed by atoms with Crippen molar-refractivity contribution in [3.8, 4) is 33.8 Å². The lowest BCUT2D eigenvalue weighted by Gasteiger charge is -2.11. The molecule has 0 saturated carbocycles. The first kappa shape index (κ1) is 26.3. The smallest absolute Gasteiger partial charge is 0.422 e. The van der Waals surface area contributed by atoms with Gasteiger partial charge < -0.3 is 9.47 Å². The maximum Gasteiger partial charge on any atom is 0.422 e. The van der Waals surface area contributed by atoms with Gasteiger partial charge in [-0.3, -0.25) is 0 Å². The van der Waals surface area contributed by atoms with Crippen LogP contribution >= 0.6 is 0 Å². The second-order valence-corrected chi connectivity index (χ2v) is 7.36. The number of esters is 2. The van der Waals surface area contributed by atoms with E-state index in [1.807, 2.05) is 0 Å². The molecule has 0 aliphatic rings. The van der Waals surface area contributed by atoms with Crippen molar-refractivity contribution in [3.63, 3.8) is 0 Å². The van der Waals surface area contributed by atoms with E-state index in [0.29, 0.717) is 11.1 Å². The van der Waals surface area contributed by atoms with Gasteiger partial charge in [0.2, 0.25) is 0 Å². The van der Waals surface area contributed by atoms with Gasteiger partial charge >= 0.3 is 24.3 Å². The Balaban J connectivity index is 1.72. The molecule has 0 heterocycles. The standard InChI is InChI=1S/C26H16F6O4/c1-15(25(27,28)29)23(33)35-21-10-6-17(7-11-21)19-4-3-5-20(14-19)18-8-12-22(13-9-18)36-24(34)16(2)26(30,31)32/h3-14H,1-2H2. The summed E-state index contributed by atoms with van der Waals surface area (Å²) in [6.45, 7) is 5.38. The number of rotatable bonds is 6. The van der Waals surface area contributed by atoms with Crippen molar-refractivity contribution in [2.45, 2.75) is 12.4 Å². The van der Waals surface area contributed by atoms with Crippen LogP contribution in [0.2, 0.25) is 0 Å². The third kappa shape index (κ3) is 6.41. The lowest BCUT2D eigenvalue weighted by molar-refractivity contribution is -0.143. The van der Waals surface area contributed by atoms with Crippen LogP contribution in [0.15, 0.2) is 97.1 Å². The quantitative estimate of drug-likeness (QED) is 0.155. The summed E-state index contributed by atoms with van der Waals surface area (Å²) in [5.74, 6) is -3.39. The summed E-state index contributed by atoms with van der Waals surface area (Å²) in [5.41, 5.74) is -0.454. The molecule has 36 heavy (non-hydrogen) atoms. The molecule has 3 aromatic rings. The van der Waals surface area contributed by atoms with Crippen molar-refractivity contribution in [1.29, 1.82) is 0 Å². The van der Waals surface area contributed by atoms with E-state index in [0.717, 1.165) is 11.1 Å². The molecule has 0 atom stereocenters. The van der Waals surface area contributed by atoms with Crippen LogP contribution in [-0.4, -0.2) is 24.3 Å². The van der Waals surface area contributed by atoms with Gasteiger partial charge in [0.05, 0.1) is 0 Å². The zero-order valence-corrected chi connectivity index (χ0v) is 18.2. The van der Waals surface area contributed by atoms with Gasteiger partial charge in [0.25, 0.3) is 0 Å². The molecule has 3 aromatic carbocycles. The molecule has 0 aliphatic heterocycles. The van der Waals surface area contributed by atoms with Crippen LogP contribution in [0.4, 0.5) is 26.3 Å². The van der Waals surface area contributed by atoms with E-state index in [2.05, 4.69) is 13.2 Å². The maximum atomic E-state index is 12.6. The lowest BCUT2D eigenvalue weighted by Crippen LogP contribution is -2.23. The molecule has 0 amide bonds. The van der Waals surface area contributed by atoms with Gasteiger partial charge in [0.15, 0.2) is 0 Å². The van der Waals surface area contributed by atoms with Crippen LogP contribution in [0.3, 0.4) is 0 Å². The number of carbonyl (C=O) groups excluding carboxylic acids is 2. The van der Waals surface area contributed by atoms with Crippen molar-refractivity contribution in [2.75, 3.05) is 0 Å². The predicted molar refractivity (Wildman–Crippen MR) is 119 cm³/mol. The Morgan fingerprint density at radius 2 is 0.889 bits per heavy atom. The van der Waals surface area contributed by atoms with Gasteiger partial charge in [-0.2, -0.15) is 26.3 Å². The molecule has 0 spiro atoms. The molecular formula is C26H16F6O4. The van der Waals surface area contributed by atoms with Crippen LogP contribution in [0.25, 0.3) is 22.3 Å². The Kier molecular flexibility index (Phi) is 7.37. The maximum absolute atomic E-state index is 12.6. The SMILES string of the molecule is C=C(C(=O)Oc1ccc(-c2cccc(-c3ccc(OC(=O)C(=C)C(F)(F)F)cc3)c2)cc1)C(F)(F)F. The number of halogens is 6. The first-order valence-corrected chi connectivity index (χ1v) is 10.0. The van der Waals surface area contributed by atoms with E-state index in [-0.39, 0.29) is 11.5 Å². The highest BCUT2D eigenvalue weighted by atomic mass is 19.4. The minimum absolute atomic E-state index is 0.0938. The van der Waals surface area contributed by atoms with E-state index in [4.69, 9.17) is 9.47 Å². The average Bonchev–Trinajstić information content (AvgIpc) is 2.83. The van der Waals surface area contributed by atoms with Crippen LogP contribution in [0.1, 0.15) is 0 Å². The van der Waals surface area contributed by atoms with Crippen molar-refractivity contribution in [2.24, 2.45) is 0 Å². The summed E-state index contributed by atoms with van der Waals surface area (Å²) in [7, 11) is 0. The Morgan fingerprint density at radius 3 is 1.19 bits per heavy atom. The number of ether oxygens (including phenoxy) is 2. The van der Waals surface area contributed by atoms with Crippen LogP contribution < -0.4 is 9.47 Å². The predicted octanol–water partition coefficient (Wildman–Crippen LogP) is 7.07. The zero-order valence-electron chi connectivity index (χ0n) is 18.2. The fourth-order valence-corrected chi connectivity index (χ4v) is 2.88. The molecule has 4 nitrogen and oxygen atoms in total. The topological polar surface area (TPSA) is 52.6 Å². The molecule has 0 N–H and O–H groups in total. The molecule has 0 aromatic heterocycles. The highest BCUT2D eigenvalue weighted by molar-refractivity contribution is 5.91. The first-order chi connectivity index (χ1) is 16.8. The number of carbonyl (C=O) groups is 2. The van der Waals surface area contributed by atoms with Crippen LogP contribution in [0.5, 0.6) is 11.5 Å². The van der Waals surface area contributed by atoms with Gasteiger partial charge in [0, 0.05) is 0 Å². The molecule has 3 rings (SSSR count). The average molecular weight is 506 g/mol. The fraction of sp³-hybridized carbons (Fsp3) is 0.0769. The summed E-state index contributed by atoms with van der Waals surface area (Å²) >= 11 is 0. The number of alkyl halides is 6. The minimum Gasteiger partial charge on any atom is -0.423 e. The van der Waals surface area contributed by atoms with Crippen molar-refractivity contribution in [3.05, 3.63) is 97.1 Å². The Morgan fingerprint density at radius 1 is 0.556 bits per heavy atom. The van der Waals surface area contributed by atoms with Gasteiger partial charge in [-0.1, -0.05) is 55.6 Å². The number of hydrogen-bond donors (Lipinski definition) is 0. The van der Waals surface area contributed by atoms with Crippen LogP contribution in [-0.2, 0) is 9.59 Å². The van der Waals surface area contributed by atoms with E-state index in [9.17, 15) is 35.9 Å². The van der Waals surface area contributed by atoms with Gasteiger partial charge in [-0.15, -0.1) is 0 Å². The normalized spacial score (nSPS) is 11.5. The van der Waals surface area contributed by atoms with Crippen molar-refractivity contribution in [1.82, 2.24) is 0 Å².